The zero-order valence-electron chi connectivity index (χ0n) is 19.7. The molecule has 0 radical (unpaired) electrons. The highest BCUT2D eigenvalue weighted by Gasteiger charge is 2.46. The normalized spacial score (nSPS) is 25.7. The zero-order chi connectivity index (χ0) is 24.5. The molecule has 1 saturated carbocycles. The largest absolute Gasteiger partial charge is 0.321 e. The van der Waals surface area contributed by atoms with E-state index in [-0.39, 0.29) is 29.2 Å². The number of halogens is 1. The zero-order valence-corrected chi connectivity index (χ0v) is 20.5. The van der Waals surface area contributed by atoms with Gasteiger partial charge in [0, 0.05) is 5.92 Å². The van der Waals surface area contributed by atoms with Crippen LogP contribution in [0.25, 0.3) is 12.2 Å². The topological polar surface area (TPSA) is 44.7 Å². The van der Waals surface area contributed by atoms with Gasteiger partial charge in [0.1, 0.15) is 5.82 Å². The molecule has 1 N–H and O–H groups in total. The molecule has 3 unspecified atom stereocenters. The molecular weight excluding hydrogens is 469 g/mol. The first-order valence-corrected chi connectivity index (χ1v) is 13.2. The highest BCUT2D eigenvalue weighted by Crippen LogP contribution is 2.47. The number of hydrogen-bond donors (Lipinski definition) is 1. The van der Waals surface area contributed by atoms with Gasteiger partial charge in [0.25, 0.3) is 5.91 Å². The Labute approximate surface area is 214 Å². The van der Waals surface area contributed by atoms with Crippen molar-refractivity contribution in [3.8, 4) is 0 Å². The van der Waals surface area contributed by atoms with E-state index in [4.69, 9.17) is 5.10 Å². The van der Waals surface area contributed by atoms with Crippen LogP contribution in [0.5, 0.6) is 0 Å². The standard InChI is InChI=1S/C30H26FN3OS/c31-24-16-14-21(15-17-24)19-26-29(35)32-30(36-26)34-28(22-10-5-2-6-11-22)25-13-7-12-23(27(25)33-34)18-20-8-3-1-4-9-20/h1-6,8-11,14-19,25,28,30H,7,12-13H2,(H,32,35). The average molecular weight is 496 g/mol. The van der Waals surface area contributed by atoms with Crippen LogP contribution in [0, 0.1) is 11.7 Å². The first-order valence-electron chi connectivity index (χ1n) is 12.3. The van der Waals surface area contributed by atoms with Crippen molar-refractivity contribution in [1.29, 1.82) is 0 Å². The van der Waals surface area contributed by atoms with Gasteiger partial charge in [-0.3, -0.25) is 9.80 Å². The lowest BCUT2D eigenvalue weighted by atomic mass is 9.77. The summed E-state index contributed by atoms with van der Waals surface area (Å²) in [6.07, 6.45) is 7.24. The smallest absolute Gasteiger partial charge is 0.260 e. The minimum Gasteiger partial charge on any atom is -0.321 e. The number of hydrazone groups is 1. The predicted molar refractivity (Wildman–Crippen MR) is 144 cm³/mol. The van der Waals surface area contributed by atoms with Gasteiger partial charge in [-0.1, -0.05) is 84.6 Å². The summed E-state index contributed by atoms with van der Waals surface area (Å²) in [5.74, 6) is -0.158. The van der Waals surface area contributed by atoms with E-state index in [0.29, 0.717) is 4.91 Å². The Kier molecular flexibility index (Phi) is 6.20. The average Bonchev–Trinajstić information content (AvgIpc) is 3.47. The summed E-state index contributed by atoms with van der Waals surface area (Å²) in [5, 5.41) is 10.4. The van der Waals surface area contributed by atoms with Crippen LogP contribution in [-0.4, -0.2) is 22.1 Å². The van der Waals surface area contributed by atoms with E-state index < -0.39 is 0 Å². The van der Waals surface area contributed by atoms with Gasteiger partial charge in [0.05, 0.1) is 16.7 Å². The molecule has 1 saturated heterocycles. The fourth-order valence-corrected chi connectivity index (χ4v) is 6.34. The van der Waals surface area contributed by atoms with Gasteiger partial charge < -0.3 is 5.32 Å². The number of nitrogens with one attached hydrogen (secondary N) is 1. The third kappa shape index (κ3) is 4.49. The second-order valence-corrected chi connectivity index (χ2v) is 10.4. The number of nitrogens with zero attached hydrogens (tertiary/aromatic N) is 2. The summed E-state index contributed by atoms with van der Waals surface area (Å²) in [6, 6.07) is 27.1. The first-order chi connectivity index (χ1) is 17.7. The van der Waals surface area contributed by atoms with Gasteiger partial charge in [-0.15, -0.1) is 0 Å². The molecule has 6 rings (SSSR count). The number of amides is 1. The van der Waals surface area contributed by atoms with Crippen LogP contribution in [0.1, 0.15) is 42.0 Å². The molecule has 2 fully saturated rings. The van der Waals surface area contributed by atoms with E-state index in [0.717, 1.165) is 30.5 Å². The fraction of sp³-hybridized carbons (Fsp3) is 0.200. The van der Waals surface area contributed by atoms with E-state index in [2.05, 4.69) is 64.9 Å². The van der Waals surface area contributed by atoms with E-state index in [1.807, 2.05) is 18.2 Å². The van der Waals surface area contributed by atoms with E-state index in [1.165, 1.54) is 40.6 Å². The maximum absolute atomic E-state index is 13.3. The Morgan fingerprint density at radius 2 is 1.61 bits per heavy atom. The molecular formula is C30H26FN3OS. The lowest BCUT2D eigenvalue weighted by Gasteiger charge is -2.33. The Morgan fingerprint density at radius 1 is 0.917 bits per heavy atom. The molecule has 6 heteroatoms. The minimum absolute atomic E-state index is 0.0450. The number of fused-ring (bicyclic) bond motifs is 1. The van der Waals surface area contributed by atoms with Crippen molar-refractivity contribution in [2.75, 3.05) is 0 Å². The highest BCUT2D eigenvalue weighted by molar-refractivity contribution is 8.05. The molecule has 2 aliphatic heterocycles. The molecule has 1 aliphatic carbocycles. The van der Waals surface area contributed by atoms with Crippen molar-refractivity contribution in [3.63, 3.8) is 0 Å². The number of rotatable bonds is 4. The van der Waals surface area contributed by atoms with E-state index >= 15 is 0 Å². The molecule has 3 aliphatic rings. The lowest BCUT2D eigenvalue weighted by Crippen LogP contribution is -2.40. The Hall–Kier alpha value is -3.64. The van der Waals surface area contributed by atoms with Crippen molar-refractivity contribution in [2.45, 2.75) is 30.8 Å². The van der Waals surface area contributed by atoms with Crippen molar-refractivity contribution in [3.05, 3.63) is 118 Å². The molecule has 36 heavy (non-hydrogen) atoms. The van der Waals surface area contributed by atoms with Crippen molar-refractivity contribution in [1.82, 2.24) is 10.3 Å². The quantitative estimate of drug-likeness (QED) is 0.414. The van der Waals surface area contributed by atoms with Crippen molar-refractivity contribution < 1.29 is 9.18 Å². The molecule has 180 valence electrons. The first kappa shape index (κ1) is 22.8. The van der Waals surface area contributed by atoms with Gasteiger partial charge in [0.2, 0.25) is 0 Å². The van der Waals surface area contributed by atoms with Crippen LogP contribution in [-0.2, 0) is 4.79 Å². The number of benzene rings is 3. The van der Waals surface area contributed by atoms with Crippen LogP contribution in [0.4, 0.5) is 4.39 Å². The summed E-state index contributed by atoms with van der Waals surface area (Å²) in [5.41, 5.74) is 5.27. The molecule has 0 spiro atoms. The molecule has 4 nitrogen and oxygen atoms in total. The summed E-state index contributed by atoms with van der Waals surface area (Å²) in [6.45, 7) is 0. The Balaban J connectivity index is 1.35. The maximum Gasteiger partial charge on any atom is 0.260 e. The molecule has 2 heterocycles. The number of carbonyl (C=O) groups is 1. The van der Waals surface area contributed by atoms with Gasteiger partial charge in [0.15, 0.2) is 5.50 Å². The Bertz CT molecular complexity index is 1350. The van der Waals surface area contributed by atoms with Gasteiger partial charge in [-0.2, -0.15) is 5.10 Å². The van der Waals surface area contributed by atoms with Crippen LogP contribution in [0.2, 0.25) is 0 Å². The van der Waals surface area contributed by atoms with Crippen LogP contribution in [0.15, 0.2) is 101 Å². The fourth-order valence-electron chi connectivity index (χ4n) is 5.28. The third-order valence-corrected chi connectivity index (χ3v) is 8.05. The van der Waals surface area contributed by atoms with Crippen LogP contribution in [0.3, 0.4) is 0 Å². The monoisotopic (exact) mass is 495 g/mol. The lowest BCUT2D eigenvalue weighted by molar-refractivity contribution is -0.117. The number of hydrogen-bond acceptors (Lipinski definition) is 4. The molecule has 3 aromatic carbocycles. The summed E-state index contributed by atoms with van der Waals surface area (Å²) in [7, 11) is 0. The Morgan fingerprint density at radius 3 is 2.36 bits per heavy atom. The summed E-state index contributed by atoms with van der Waals surface area (Å²) < 4.78 is 13.3. The molecule has 0 aromatic heterocycles. The number of allylic oxidation sites excluding steroid dienone is 1. The van der Waals surface area contributed by atoms with Crippen LogP contribution >= 0.6 is 11.8 Å². The molecule has 3 atom stereocenters. The predicted octanol–water partition coefficient (Wildman–Crippen LogP) is 6.61. The van der Waals surface area contributed by atoms with E-state index in [9.17, 15) is 9.18 Å². The third-order valence-electron chi connectivity index (χ3n) is 6.94. The SMILES string of the molecule is O=C1NC(N2N=C3C(=Cc4ccccc4)CCCC3C2c2ccccc2)SC1=Cc1ccc(F)cc1. The second kappa shape index (κ2) is 9.78. The van der Waals surface area contributed by atoms with E-state index in [1.54, 1.807) is 12.1 Å². The number of thioether (sulfide) groups is 1. The summed E-state index contributed by atoms with van der Waals surface area (Å²) in [4.78, 5) is 13.5. The maximum atomic E-state index is 13.3. The van der Waals surface area contributed by atoms with Crippen molar-refractivity contribution in [2.24, 2.45) is 11.0 Å². The molecule has 3 aromatic rings. The summed E-state index contributed by atoms with van der Waals surface area (Å²) >= 11 is 1.47. The van der Waals surface area contributed by atoms with Gasteiger partial charge >= 0.3 is 0 Å². The minimum atomic E-state index is -0.314. The highest BCUT2D eigenvalue weighted by atomic mass is 32.2. The second-order valence-electron chi connectivity index (χ2n) is 9.30. The van der Waals surface area contributed by atoms with Gasteiger partial charge in [-0.05, 0) is 65.8 Å². The molecule has 0 bridgehead atoms. The van der Waals surface area contributed by atoms with Crippen LogP contribution < -0.4 is 5.32 Å². The number of carbonyl (C=O) groups excluding carboxylic acids is 1. The molecule has 1 amide bonds. The van der Waals surface area contributed by atoms with Crippen molar-refractivity contribution >= 4 is 35.5 Å². The van der Waals surface area contributed by atoms with Gasteiger partial charge in [-0.25, -0.2) is 4.39 Å².